The van der Waals surface area contributed by atoms with Crippen molar-refractivity contribution in [2.24, 2.45) is 0 Å². The first-order chi connectivity index (χ1) is 10.5. The zero-order valence-electron chi connectivity index (χ0n) is 12.9. The van der Waals surface area contributed by atoms with Gasteiger partial charge in [0.2, 0.25) is 6.10 Å². The standard InChI is InChI=1S/C18H19NO3/c1-11-8-12(2)10-14(9-11)19-18(20)17-13(3)21-15-6-4-5-7-16(15)22-17/h4-10,13,17H,1-3H3,(H,19,20). The van der Waals surface area contributed by atoms with Crippen LogP contribution >= 0.6 is 0 Å². The summed E-state index contributed by atoms with van der Waals surface area (Å²) in [5.41, 5.74) is 2.99. The van der Waals surface area contributed by atoms with Crippen LogP contribution in [0.25, 0.3) is 0 Å². The Morgan fingerprint density at radius 2 is 1.59 bits per heavy atom. The summed E-state index contributed by atoms with van der Waals surface area (Å²) in [5, 5.41) is 2.91. The van der Waals surface area contributed by atoms with Gasteiger partial charge in [0.1, 0.15) is 6.10 Å². The van der Waals surface area contributed by atoms with Crippen LogP contribution in [0.5, 0.6) is 11.5 Å². The molecule has 1 heterocycles. The number of nitrogens with one attached hydrogen (secondary N) is 1. The minimum absolute atomic E-state index is 0.202. The van der Waals surface area contributed by atoms with Gasteiger partial charge in [0.15, 0.2) is 11.5 Å². The highest BCUT2D eigenvalue weighted by molar-refractivity contribution is 5.95. The molecule has 0 saturated heterocycles. The molecular formula is C18H19NO3. The quantitative estimate of drug-likeness (QED) is 0.923. The lowest BCUT2D eigenvalue weighted by Crippen LogP contribution is -2.46. The summed E-state index contributed by atoms with van der Waals surface area (Å²) in [7, 11) is 0. The number of aryl methyl sites for hydroxylation is 2. The van der Waals surface area contributed by atoms with Crippen molar-refractivity contribution < 1.29 is 14.3 Å². The molecule has 1 aliphatic rings. The maximum Gasteiger partial charge on any atom is 0.269 e. The fourth-order valence-corrected chi connectivity index (χ4v) is 2.67. The number of para-hydroxylation sites is 2. The van der Waals surface area contributed by atoms with Gasteiger partial charge in [-0.3, -0.25) is 4.79 Å². The van der Waals surface area contributed by atoms with Crippen LogP contribution in [0.1, 0.15) is 18.1 Å². The smallest absolute Gasteiger partial charge is 0.269 e. The lowest BCUT2D eigenvalue weighted by Gasteiger charge is -2.31. The highest BCUT2D eigenvalue weighted by Crippen LogP contribution is 2.33. The first-order valence-corrected chi connectivity index (χ1v) is 7.34. The van der Waals surface area contributed by atoms with Crippen LogP contribution in [0.4, 0.5) is 5.69 Å². The summed E-state index contributed by atoms with van der Waals surface area (Å²) < 4.78 is 11.6. The van der Waals surface area contributed by atoms with Crippen molar-refractivity contribution in [2.75, 3.05) is 5.32 Å². The second kappa shape index (κ2) is 5.72. The molecule has 2 aromatic rings. The van der Waals surface area contributed by atoms with E-state index in [0.29, 0.717) is 11.5 Å². The van der Waals surface area contributed by atoms with Gasteiger partial charge in [-0.2, -0.15) is 0 Å². The number of anilines is 1. The summed E-state index contributed by atoms with van der Waals surface area (Å²) in [6.45, 7) is 5.84. The number of fused-ring (bicyclic) bond motifs is 1. The average Bonchev–Trinajstić information content (AvgIpc) is 2.45. The molecule has 2 aromatic carbocycles. The summed E-state index contributed by atoms with van der Waals surface area (Å²) >= 11 is 0. The maximum absolute atomic E-state index is 12.5. The van der Waals surface area contributed by atoms with E-state index in [2.05, 4.69) is 11.4 Å². The van der Waals surface area contributed by atoms with Crippen molar-refractivity contribution in [1.29, 1.82) is 0 Å². The predicted octanol–water partition coefficient (Wildman–Crippen LogP) is 3.47. The van der Waals surface area contributed by atoms with Gasteiger partial charge in [-0.25, -0.2) is 0 Å². The number of hydrogen-bond donors (Lipinski definition) is 1. The van der Waals surface area contributed by atoms with Gasteiger partial charge < -0.3 is 14.8 Å². The Balaban J connectivity index is 1.78. The molecule has 2 unspecified atom stereocenters. The van der Waals surface area contributed by atoms with Gasteiger partial charge >= 0.3 is 0 Å². The topological polar surface area (TPSA) is 47.6 Å². The minimum Gasteiger partial charge on any atom is -0.482 e. The molecule has 0 radical (unpaired) electrons. The van der Waals surface area contributed by atoms with Crippen LogP contribution in [0.2, 0.25) is 0 Å². The summed E-state index contributed by atoms with van der Waals surface area (Å²) in [4.78, 5) is 12.5. The van der Waals surface area contributed by atoms with Crippen molar-refractivity contribution in [3.63, 3.8) is 0 Å². The first-order valence-electron chi connectivity index (χ1n) is 7.34. The third-order valence-electron chi connectivity index (χ3n) is 3.59. The van der Waals surface area contributed by atoms with E-state index < -0.39 is 6.10 Å². The number of carbonyl (C=O) groups excluding carboxylic acids is 1. The third kappa shape index (κ3) is 2.91. The van der Waals surface area contributed by atoms with Crippen molar-refractivity contribution in [1.82, 2.24) is 0 Å². The number of rotatable bonds is 2. The monoisotopic (exact) mass is 297 g/mol. The molecule has 1 aliphatic heterocycles. The Kier molecular flexibility index (Phi) is 3.75. The van der Waals surface area contributed by atoms with E-state index in [4.69, 9.17) is 9.47 Å². The molecule has 1 N–H and O–H groups in total. The lowest BCUT2D eigenvalue weighted by atomic mass is 10.1. The van der Waals surface area contributed by atoms with Crippen LogP contribution in [0.3, 0.4) is 0 Å². The molecular weight excluding hydrogens is 278 g/mol. The largest absolute Gasteiger partial charge is 0.482 e. The molecule has 0 fully saturated rings. The van der Waals surface area contributed by atoms with E-state index in [1.165, 1.54) is 0 Å². The molecule has 22 heavy (non-hydrogen) atoms. The lowest BCUT2D eigenvalue weighted by molar-refractivity contribution is -0.128. The van der Waals surface area contributed by atoms with Gasteiger partial charge in [0.25, 0.3) is 5.91 Å². The Bertz CT molecular complexity index is 691. The summed E-state index contributed by atoms with van der Waals surface area (Å²) in [6, 6.07) is 13.3. The third-order valence-corrected chi connectivity index (χ3v) is 3.59. The Hall–Kier alpha value is -2.49. The van der Waals surface area contributed by atoms with Crippen molar-refractivity contribution in [3.05, 3.63) is 53.6 Å². The SMILES string of the molecule is Cc1cc(C)cc(NC(=O)C2Oc3ccccc3OC2C)c1. The highest BCUT2D eigenvalue weighted by atomic mass is 16.6. The summed E-state index contributed by atoms with van der Waals surface area (Å²) in [5.74, 6) is 1.07. The molecule has 114 valence electrons. The summed E-state index contributed by atoms with van der Waals surface area (Å²) in [6.07, 6.45) is -1.02. The molecule has 0 saturated carbocycles. The van der Waals surface area contributed by atoms with Crippen LogP contribution in [0.15, 0.2) is 42.5 Å². The van der Waals surface area contributed by atoms with Gasteiger partial charge in [-0.1, -0.05) is 18.2 Å². The first kappa shape index (κ1) is 14.4. The Morgan fingerprint density at radius 3 is 2.23 bits per heavy atom. The second-order valence-corrected chi connectivity index (χ2v) is 5.67. The van der Waals surface area contributed by atoms with Crippen LogP contribution in [0, 0.1) is 13.8 Å². The number of hydrogen-bond acceptors (Lipinski definition) is 3. The molecule has 4 heteroatoms. The van der Waals surface area contributed by atoms with Crippen LogP contribution in [-0.4, -0.2) is 18.1 Å². The van der Waals surface area contributed by atoms with Crippen LogP contribution < -0.4 is 14.8 Å². The van der Waals surface area contributed by atoms with Gasteiger partial charge in [0, 0.05) is 5.69 Å². The van der Waals surface area contributed by atoms with E-state index in [9.17, 15) is 4.79 Å². The molecule has 3 rings (SSSR count). The normalized spacial score (nSPS) is 19.6. The molecule has 0 spiro atoms. The van der Waals surface area contributed by atoms with E-state index in [1.807, 2.05) is 51.1 Å². The molecule has 4 nitrogen and oxygen atoms in total. The number of benzene rings is 2. The van der Waals surface area contributed by atoms with Crippen molar-refractivity contribution >= 4 is 11.6 Å². The van der Waals surface area contributed by atoms with E-state index >= 15 is 0 Å². The Labute approximate surface area is 130 Å². The van der Waals surface area contributed by atoms with Crippen LogP contribution in [-0.2, 0) is 4.79 Å². The zero-order chi connectivity index (χ0) is 15.7. The fraction of sp³-hybridized carbons (Fsp3) is 0.278. The minimum atomic E-state index is -0.671. The van der Waals surface area contributed by atoms with Gasteiger partial charge in [-0.15, -0.1) is 0 Å². The Morgan fingerprint density at radius 1 is 1.00 bits per heavy atom. The molecule has 1 amide bonds. The number of carbonyl (C=O) groups is 1. The van der Waals surface area contributed by atoms with E-state index in [0.717, 1.165) is 16.8 Å². The van der Waals surface area contributed by atoms with Gasteiger partial charge in [-0.05, 0) is 56.2 Å². The van der Waals surface area contributed by atoms with E-state index in [-0.39, 0.29) is 12.0 Å². The molecule has 2 atom stereocenters. The second-order valence-electron chi connectivity index (χ2n) is 5.67. The average molecular weight is 297 g/mol. The fourth-order valence-electron chi connectivity index (χ4n) is 2.67. The maximum atomic E-state index is 12.5. The molecule has 0 aromatic heterocycles. The van der Waals surface area contributed by atoms with Gasteiger partial charge in [0.05, 0.1) is 0 Å². The molecule has 0 aliphatic carbocycles. The molecule has 0 bridgehead atoms. The van der Waals surface area contributed by atoms with E-state index in [1.54, 1.807) is 6.07 Å². The zero-order valence-corrected chi connectivity index (χ0v) is 12.9. The predicted molar refractivity (Wildman–Crippen MR) is 85.5 cm³/mol. The van der Waals surface area contributed by atoms with Crippen molar-refractivity contribution in [3.8, 4) is 11.5 Å². The number of amides is 1. The highest BCUT2D eigenvalue weighted by Gasteiger charge is 2.34. The van der Waals surface area contributed by atoms with Crippen molar-refractivity contribution in [2.45, 2.75) is 33.0 Å². The number of ether oxygens (including phenoxy) is 2.